The first-order valence-electron chi connectivity index (χ1n) is 4.45. The molecule has 0 bridgehead atoms. The van der Waals surface area contributed by atoms with Gasteiger partial charge in [0.15, 0.2) is 11.6 Å². The number of rotatable bonds is 0. The quantitative estimate of drug-likeness (QED) is 0.310. The number of ketones is 2. The Morgan fingerprint density at radius 3 is 1.20 bits per heavy atom. The second kappa shape index (κ2) is 13.1. The Hall–Kier alpha value is -2.38. The lowest BCUT2D eigenvalue weighted by Gasteiger charge is -2.06. The van der Waals surface area contributed by atoms with Crippen LogP contribution in [0.3, 0.4) is 0 Å². The van der Waals surface area contributed by atoms with Crippen molar-refractivity contribution in [3.63, 3.8) is 0 Å². The van der Waals surface area contributed by atoms with E-state index in [0.717, 1.165) is 0 Å². The van der Waals surface area contributed by atoms with Crippen LogP contribution in [0.15, 0.2) is 36.4 Å². The summed E-state index contributed by atoms with van der Waals surface area (Å²) in [6.45, 7) is 0. The lowest BCUT2D eigenvalue weighted by atomic mass is 9.95. The molecule has 1 aromatic carbocycles. The fourth-order valence-corrected chi connectivity index (χ4v) is 1.24. The predicted octanol–water partition coefficient (Wildman–Crippen LogP) is 1.74. The Morgan fingerprint density at radius 1 is 0.700 bits per heavy atom. The number of carbonyl (C=O) groups is 2. The fraction of sp³-hybridized carbons (Fsp3) is 0. The third-order valence-corrected chi connectivity index (χ3v) is 1.84. The standard InChI is InChI=1S/C10H6O2.2N3.2H2S/c11-9-5-6-10(12)8-4-2-1-3-7(8)9;2*1-3-2;;/h1-6H;;;2*1H2/q;2*-1;;/p+2. The number of fused-ring (bicyclic) bond motifs is 1. The highest BCUT2D eigenvalue weighted by Crippen LogP contribution is 2.15. The Morgan fingerprint density at radius 2 is 0.950 bits per heavy atom. The van der Waals surface area contributed by atoms with E-state index in [0.29, 0.717) is 11.1 Å². The van der Waals surface area contributed by atoms with Gasteiger partial charge in [-0.2, -0.15) is 0 Å². The molecule has 0 unspecified atom stereocenters. The van der Waals surface area contributed by atoms with Crippen LogP contribution in [-0.4, -0.2) is 11.6 Å². The largest absolute Gasteiger partial charge is 0.373 e. The van der Waals surface area contributed by atoms with Gasteiger partial charge in [-0.05, 0) is 12.2 Å². The van der Waals surface area contributed by atoms with Crippen molar-refractivity contribution in [2.75, 3.05) is 0 Å². The Kier molecular flexibility index (Phi) is 14.9. The molecule has 1 aromatic rings. The first-order valence-corrected chi connectivity index (χ1v) is 4.45. The molecule has 0 saturated carbocycles. The molecule has 0 fully saturated rings. The van der Waals surface area contributed by atoms with Crippen molar-refractivity contribution in [3.05, 3.63) is 79.5 Å². The maximum absolute atomic E-state index is 11.2. The Bertz CT molecular complexity index is 512. The predicted molar refractivity (Wildman–Crippen MR) is 87.5 cm³/mol. The molecule has 0 spiro atoms. The van der Waals surface area contributed by atoms with Crippen LogP contribution in [-0.2, 0) is 27.0 Å². The van der Waals surface area contributed by atoms with Crippen LogP contribution in [0.25, 0.3) is 31.9 Å². The molecule has 0 saturated heterocycles. The molecular formula is C10H12N6O2S2. The van der Waals surface area contributed by atoms with Crippen molar-refractivity contribution < 1.29 is 9.59 Å². The second-order valence-corrected chi connectivity index (χ2v) is 2.79. The monoisotopic (exact) mass is 312 g/mol. The van der Waals surface area contributed by atoms with E-state index in [1.165, 1.54) is 22.0 Å². The van der Waals surface area contributed by atoms with Gasteiger partial charge < -0.3 is 22.1 Å². The summed E-state index contributed by atoms with van der Waals surface area (Å²) in [6, 6.07) is 6.84. The van der Waals surface area contributed by atoms with Crippen molar-refractivity contribution >= 4 is 38.6 Å². The number of benzene rings is 1. The zero-order chi connectivity index (χ0) is 14.0. The van der Waals surface area contributed by atoms with Gasteiger partial charge in [-0.25, -0.2) is 0 Å². The molecule has 0 atom stereocenters. The molecule has 0 radical (unpaired) electrons. The minimum absolute atomic E-state index is 0. The summed E-state index contributed by atoms with van der Waals surface area (Å²) in [5.74, 6) is -0.185. The second-order valence-electron chi connectivity index (χ2n) is 2.79. The normalized spacial score (nSPS) is 9.60. The van der Waals surface area contributed by atoms with Crippen LogP contribution >= 0.6 is 0 Å². The lowest BCUT2D eigenvalue weighted by Crippen LogP contribution is -2.10. The number of nitrogens with zero attached hydrogens (tertiary/aromatic N) is 6. The molecule has 106 valence electrons. The summed E-state index contributed by atoms with van der Waals surface area (Å²) in [5.41, 5.74) is 28.0. The molecule has 2 rings (SSSR count). The molecule has 0 aliphatic heterocycles. The maximum atomic E-state index is 11.2. The highest BCUT2D eigenvalue weighted by atomic mass is 32.1. The molecule has 20 heavy (non-hydrogen) atoms. The molecular weight excluding hydrogens is 300 g/mol. The van der Waals surface area contributed by atoms with E-state index in [1.807, 2.05) is 0 Å². The van der Waals surface area contributed by atoms with Gasteiger partial charge in [-0.15, -0.1) is 0 Å². The van der Waals surface area contributed by atoms with Gasteiger partial charge in [0.1, 0.15) is 0 Å². The average molecular weight is 312 g/mol. The lowest BCUT2D eigenvalue weighted by molar-refractivity contribution is 0.0994. The molecule has 10 heteroatoms. The molecule has 1 aliphatic carbocycles. The summed E-state index contributed by atoms with van der Waals surface area (Å²) >= 11 is 0. The van der Waals surface area contributed by atoms with E-state index in [9.17, 15) is 9.59 Å². The minimum Gasteiger partial charge on any atom is -0.373 e. The Labute approximate surface area is 128 Å². The van der Waals surface area contributed by atoms with E-state index in [2.05, 4.69) is 0 Å². The van der Waals surface area contributed by atoms with Crippen LogP contribution in [0.1, 0.15) is 20.7 Å². The average Bonchev–Trinajstić information content (AvgIpc) is 2.36. The molecule has 0 aromatic heterocycles. The number of hydrogen-bond donors (Lipinski definition) is 0. The van der Waals surface area contributed by atoms with Crippen LogP contribution < -0.4 is 0 Å². The van der Waals surface area contributed by atoms with Gasteiger partial charge in [0.25, 0.3) is 0 Å². The zero-order valence-corrected chi connectivity index (χ0v) is 12.4. The highest BCUT2D eigenvalue weighted by molar-refractivity contribution is 7.37. The van der Waals surface area contributed by atoms with Gasteiger partial charge in [0, 0.05) is 11.1 Å². The fourth-order valence-electron chi connectivity index (χ4n) is 1.24. The van der Waals surface area contributed by atoms with E-state index >= 15 is 0 Å². The van der Waals surface area contributed by atoms with Crippen LogP contribution in [0.2, 0.25) is 0 Å². The van der Waals surface area contributed by atoms with Crippen molar-refractivity contribution in [2.24, 2.45) is 0 Å². The summed E-state index contributed by atoms with van der Waals surface area (Å²) in [6.07, 6.45) is 2.62. The van der Waals surface area contributed by atoms with Gasteiger partial charge in [0.05, 0.1) is 0 Å². The van der Waals surface area contributed by atoms with E-state index < -0.39 is 0 Å². The van der Waals surface area contributed by atoms with Crippen molar-refractivity contribution in [2.45, 2.75) is 0 Å². The van der Waals surface area contributed by atoms with Gasteiger partial charge in [0.2, 0.25) is 0 Å². The van der Waals surface area contributed by atoms with Crippen molar-refractivity contribution in [1.29, 1.82) is 0 Å². The van der Waals surface area contributed by atoms with Gasteiger partial charge >= 0.3 is 0 Å². The number of hydrogen-bond acceptors (Lipinski definition) is 2. The maximum Gasteiger partial charge on any atom is 0.186 e. The molecule has 0 N–H and O–H groups in total. The Balaban J connectivity index is -0.000000316. The van der Waals surface area contributed by atoms with Crippen molar-refractivity contribution in [3.8, 4) is 0 Å². The first kappa shape index (κ1) is 22.8. The van der Waals surface area contributed by atoms with Gasteiger partial charge in [-0.1, -0.05) is 51.3 Å². The summed E-state index contributed by atoms with van der Waals surface area (Å²) in [7, 11) is 0. The third-order valence-electron chi connectivity index (χ3n) is 1.84. The summed E-state index contributed by atoms with van der Waals surface area (Å²) in [4.78, 5) is 25.4. The van der Waals surface area contributed by atoms with E-state index in [1.54, 1.807) is 24.3 Å². The summed E-state index contributed by atoms with van der Waals surface area (Å²) in [5, 5.41) is 0. The van der Waals surface area contributed by atoms with E-state index in [4.69, 9.17) is 22.1 Å². The zero-order valence-electron chi connectivity index (χ0n) is 10.1. The molecule has 0 amide bonds. The van der Waals surface area contributed by atoms with E-state index in [-0.39, 0.29) is 38.6 Å². The van der Waals surface area contributed by atoms with Crippen molar-refractivity contribution in [1.82, 2.24) is 0 Å². The third kappa shape index (κ3) is 7.14. The summed E-state index contributed by atoms with van der Waals surface area (Å²) < 4.78 is 0. The highest BCUT2D eigenvalue weighted by Gasteiger charge is 2.16. The SMILES string of the molecule is O=C1C=CC(=O)c2ccccc21.[N-]=[N+]=[N-].[N-]=[N+]=[N-].[SH3+].[SH3+]. The topological polar surface area (TPSA) is 152 Å². The van der Waals surface area contributed by atoms with Crippen LogP contribution in [0, 0.1) is 0 Å². The van der Waals surface area contributed by atoms with Gasteiger partial charge in [-0.3, -0.25) is 19.4 Å². The molecule has 8 nitrogen and oxygen atoms in total. The van der Waals surface area contributed by atoms with Crippen LogP contribution in [0.5, 0.6) is 0 Å². The minimum atomic E-state index is -0.0924. The smallest absolute Gasteiger partial charge is 0.186 e. The molecule has 1 aliphatic rings. The first-order chi connectivity index (χ1) is 8.62. The number of allylic oxidation sites excluding steroid dienone is 2. The van der Waals surface area contributed by atoms with Crippen LogP contribution in [0.4, 0.5) is 0 Å². The molecule has 0 heterocycles. The number of carbonyl (C=O) groups excluding carboxylic acids is 2.